The molecule has 14 heavy (non-hydrogen) atoms. The third-order valence-corrected chi connectivity index (χ3v) is 2.77. The molecule has 0 saturated heterocycles. The van der Waals surface area contributed by atoms with E-state index in [4.69, 9.17) is 4.74 Å². The average Bonchev–Trinajstić information content (AvgIpc) is 2.50. The fourth-order valence-electron chi connectivity index (χ4n) is 2.01. The van der Waals surface area contributed by atoms with Crippen LogP contribution in [0, 0.1) is 6.92 Å². The highest BCUT2D eigenvalue weighted by Crippen LogP contribution is 2.40. The molecular formula is C12H16O2. The van der Waals surface area contributed by atoms with Crippen molar-refractivity contribution in [1.29, 1.82) is 0 Å². The fourth-order valence-corrected chi connectivity index (χ4v) is 2.01. The van der Waals surface area contributed by atoms with Crippen LogP contribution in [0.1, 0.15) is 42.6 Å². The van der Waals surface area contributed by atoms with Gasteiger partial charge in [0.1, 0.15) is 18.5 Å². The minimum absolute atomic E-state index is 0.403. The zero-order valence-corrected chi connectivity index (χ0v) is 8.87. The number of hydrogen-bond acceptors (Lipinski definition) is 2. The lowest BCUT2D eigenvalue weighted by Gasteiger charge is -2.13. The van der Waals surface area contributed by atoms with Crippen molar-refractivity contribution in [3.05, 3.63) is 28.8 Å². The molecule has 0 bridgehead atoms. The molecule has 1 aliphatic rings. The van der Waals surface area contributed by atoms with Gasteiger partial charge in [-0.3, -0.25) is 0 Å². The third-order valence-electron chi connectivity index (χ3n) is 2.77. The molecule has 1 atom stereocenters. The summed E-state index contributed by atoms with van der Waals surface area (Å²) in [6.45, 7) is 6.69. The van der Waals surface area contributed by atoms with E-state index in [1.807, 2.05) is 6.92 Å². The van der Waals surface area contributed by atoms with Gasteiger partial charge in [-0.05, 0) is 24.0 Å². The van der Waals surface area contributed by atoms with Crippen molar-refractivity contribution in [2.45, 2.75) is 32.8 Å². The predicted octanol–water partition coefficient (Wildman–Crippen LogP) is 2.54. The quantitative estimate of drug-likeness (QED) is 0.741. The van der Waals surface area contributed by atoms with Crippen LogP contribution in [0.15, 0.2) is 12.1 Å². The summed E-state index contributed by atoms with van der Waals surface area (Å²) in [5.41, 5.74) is 3.32. The number of aryl methyl sites for hydroxylation is 1. The standard InChI is InChI=1S/C12H16O2/c1-7(2)9-5-4-8(3)12-11(9)10(13)6-14-12/h4-5,7,10,13H,6H2,1-3H3. The Morgan fingerprint density at radius 2 is 2.14 bits per heavy atom. The average molecular weight is 192 g/mol. The first kappa shape index (κ1) is 9.53. The number of aliphatic hydroxyl groups excluding tert-OH is 1. The minimum atomic E-state index is -0.442. The van der Waals surface area contributed by atoms with Crippen molar-refractivity contribution in [3.8, 4) is 5.75 Å². The van der Waals surface area contributed by atoms with Gasteiger partial charge in [-0.1, -0.05) is 26.0 Å². The third kappa shape index (κ3) is 1.30. The molecule has 0 aliphatic carbocycles. The molecule has 1 N–H and O–H groups in total. The lowest BCUT2D eigenvalue weighted by Crippen LogP contribution is -2.01. The van der Waals surface area contributed by atoms with Crippen LogP contribution >= 0.6 is 0 Å². The van der Waals surface area contributed by atoms with Crippen molar-refractivity contribution in [3.63, 3.8) is 0 Å². The Balaban J connectivity index is 2.60. The first-order valence-electron chi connectivity index (χ1n) is 5.05. The lowest BCUT2D eigenvalue weighted by molar-refractivity contribution is 0.139. The maximum absolute atomic E-state index is 9.81. The number of benzene rings is 1. The highest BCUT2D eigenvalue weighted by atomic mass is 16.5. The van der Waals surface area contributed by atoms with Crippen molar-refractivity contribution in [2.75, 3.05) is 6.61 Å². The fraction of sp³-hybridized carbons (Fsp3) is 0.500. The van der Waals surface area contributed by atoms with Gasteiger partial charge in [0.05, 0.1) is 0 Å². The Morgan fingerprint density at radius 3 is 2.79 bits per heavy atom. The van der Waals surface area contributed by atoms with Gasteiger partial charge in [0.15, 0.2) is 0 Å². The number of fused-ring (bicyclic) bond motifs is 1. The largest absolute Gasteiger partial charge is 0.490 e. The molecule has 1 aromatic rings. The maximum Gasteiger partial charge on any atom is 0.128 e. The first-order valence-corrected chi connectivity index (χ1v) is 5.05. The van der Waals surface area contributed by atoms with E-state index < -0.39 is 6.10 Å². The maximum atomic E-state index is 9.81. The lowest BCUT2D eigenvalue weighted by atomic mass is 9.93. The van der Waals surface area contributed by atoms with Crippen LogP contribution in [0.5, 0.6) is 5.75 Å². The van der Waals surface area contributed by atoms with Crippen LogP contribution in [0.3, 0.4) is 0 Å². The summed E-state index contributed by atoms with van der Waals surface area (Å²) < 4.78 is 5.48. The second-order valence-electron chi connectivity index (χ2n) is 4.20. The van der Waals surface area contributed by atoms with E-state index in [-0.39, 0.29) is 0 Å². The van der Waals surface area contributed by atoms with Crippen LogP contribution in [0.25, 0.3) is 0 Å². The van der Waals surface area contributed by atoms with Gasteiger partial charge in [0.25, 0.3) is 0 Å². The zero-order chi connectivity index (χ0) is 10.3. The summed E-state index contributed by atoms with van der Waals surface area (Å²) in [6.07, 6.45) is -0.442. The highest BCUT2D eigenvalue weighted by Gasteiger charge is 2.27. The van der Waals surface area contributed by atoms with Gasteiger partial charge >= 0.3 is 0 Å². The van der Waals surface area contributed by atoms with Gasteiger partial charge in [-0.25, -0.2) is 0 Å². The Kier molecular flexibility index (Phi) is 2.23. The Morgan fingerprint density at radius 1 is 1.43 bits per heavy atom. The number of rotatable bonds is 1. The molecule has 1 heterocycles. The van der Waals surface area contributed by atoms with Gasteiger partial charge in [-0.15, -0.1) is 0 Å². The van der Waals surface area contributed by atoms with E-state index in [1.54, 1.807) is 0 Å². The molecule has 1 unspecified atom stereocenters. The molecule has 2 rings (SSSR count). The molecule has 0 fully saturated rings. The number of aliphatic hydroxyl groups is 1. The number of ether oxygens (including phenoxy) is 1. The monoisotopic (exact) mass is 192 g/mol. The molecule has 1 aromatic carbocycles. The van der Waals surface area contributed by atoms with E-state index in [9.17, 15) is 5.11 Å². The van der Waals surface area contributed by atoms with Crippen LogP contribution in [0.4, 0.5) is 0 Å². The topological polar surface area (TPSA) is 29.5 Å². The van der Waals surface area contributed by atoms with E-state index in [2.05, 4.69) is 26.0 Å². The van der Waals surface area contributed by atoms with Gasteiger partial charge < -0.3 is 9.84 Å². The number of hydrogen-bond donors (Lipinski definition) is 1. The Bertz CT molecular complexity index is 356. The SMILES string of the molecule is Cc1ccc(C(C)C)c2c1OCC2O. The molecule has 2 nitrogen and oxygen atoms in total. The van der Waals surface area contributed by atoms with E-state index in [1.165, 1.54) is 5.56 Å². The molecule has 0 amide bonds. The van der Waals surface area contributed by atoms with Crippen molar-refractivity contribution in [2.24, 2.45) is 0 Å². The summed E-state index contributed by atoms with van der Waals surface area (Å²) in [5, 5.41) is 9.81. The molecule has 2 heteroatoms. The van der Waals surface area contributed by atoms with Crippen molar-refractivity contribution >= 4 is 0 Å². The minimum Gasteiger partial charge on any atom is -0.490 e. The normalized spacial score (nSPS) is 19.6. The molecule has 76 valence electrons. The molecule has 0 radical (unpaired) electrons. The van der Waals surface area contributed by atoms with Crippen LogP contribution in [-0.4, -0.2) is 11.7 Å². The van der Waals surface area contributed by atoms with Crippen LogP contribution in [-0.2, 0) is 0 Å². The molecule has 0 saturated carbocycles. The summed E-state index contributed by atoms with van der Waals surface area (Å²) in [6, 6.07) is 4.16. The Labute approximate surface area is 84.5 Å². The predicted molar refractivity (Wildman–Crippen MR) is 55.7 cm³/mol. The summed E-state index contributed by atoms with van der Waals surface area (Å²) >= 11 is 0. The first-order chi connectivity index (χ1) is 6.61. The van der Waals surface area contributed by atoms with E-state index >= 15 is 0 Å². The molecule has 0 aromatic heterocycles. The summed E-state index contributed by atoms with van der Waals surface area (Å²) in [7, 11) is 0. The van der Waals surface area contributed by atoms with E-state index in [0.29, 0.717) is 12.5 Å². The summed E-state index contributed by atoms with van der Waals surface area (Å²) in [4.78, 5) is 0. The van der Waals surface area contributed by atoms with Crippen molar-refractivity contribution in [1.82, 2.24) is 0 Å². The smallest absolute Gasteiger partial charge is 0.128 e. The molecule has 0 spiro atoms. The molecule has 1 aliphatic heterocycles. The van der Waals surface area contributed by atoms with Gasteiger partial charge in [0, 0.05) is 5.56 Å². The van der Waals surface area contributed by atoms with E-state index in [0.717, 1.165) is 16.9 Å². The second kappa shape index (κ2) is 3.28. The van der Waals surface area contributed by atoms with Gasteiger partial charge in [0.2, 0.25) is 0 Å². The van der Waals surface area contributed by atoms with Crippen LogP contribution in [0.2, 0.25) is 0 Å². The molecular weight excluding hydrogens is 176 g/mol. The van der Waals surface area contributed by atoms with Crippen molar-refractivity contribution < 1.29 is 9.84 Å². The Hall–Kier alpha value is -1.02. The van der Waals surface area contributed by atoms with Gasteiger partial charge in [-0.2, -0.15) is 0 Å². The summed E-state index contributed by atoms with van der Waals surface area (Å²) in [5.74, 6) is 1.32. The highest BCUT2D eigenvalue weighted by molar-refractivity contribution is 5.50. The zero-order valence-electron chi connectivity index (χ0n) is 8.87. The van der Waals surface area contributed by atoms with Crippen LogP contribution < -0.4 is 4.74 Å². The second-order valence-corrected chi connectivity index (χ2v) is 4.20.